The molecule has 0 spiro atoms. The molecule has 1 aliphatic heterocycles. The molecular weight excluding hydrogens is 284 g/mol. The van der Waals surface area contributed by atoms with Crippen molar-refractivity contribution in [2.75, 3.05) is 20.6 Å². The normalized spacial score (nSPS) is 19.0. The van der Waals surface area contributed by atoms with Gasteiger partial charge in [-0.3, -0.25) is 14.9 Å². The first-order valence-electron chi connectivity index (χ1n) is 8.53. The third kappa shape index (κ3) is 4.11. The molecule has 1 aromatic rings. The highest BCUT2D eigenvalue weighted by atomic mass is 15.2. The molecule has 1 aliphatic rings. The summed E-state index contributed by atoms with van der Waals surface area (Å²) in [5.74, 6) is 0. The van der Waals surface area contributed by atoms with E-state index < -0.39 is 0 Å². The Morgan fingerprint density at radius 2 is 1.87 bits per heavy atom. The van der Waals surface area contributed by atoms with Crippen molar-refractivity contribution in [3.05, 3.63) is 35.1 Å². The molecule has 4 heteroatoms. The van der Waals surface area contributed by atoms with Crippen molar-refractivity contribution in [2.45, 2.75) is 65.5 Å². The van der Waals surface area contributed by atoms with Crippen LogP contribution in [0.4, 0.5) is 0 Å². The lowest BCUT2D eigenvalue weighted by Crippen LogP contribution is -2.36. The Balaban J connectivity index is 2.08. The minimum Gasteiger partial charge on any atom is -0.374 e. The monoisotopic (exact) mass is 316 g/mol. The number of hydrogen-bond donors (Lipinski definition) is 0. The molecule has 2 rings (SSSR count). The molecule has 0 bridgehead atoms. The molecule has 2 heterocycles. The fourth-order valence-electron chi connectivity index (χ4n) is 3.36. The van der Waals surface area contributed by atoms with E-state index in [2.05, 4.69) is 65.1 Å². The molecule has 0 aromatic carbocycles. The number of aryl methyl sites for hydroxylation is 2. The minimum absolute atomic E-state index is 0.0409. The molecule has 1 aromatic heterocycles. The second-order valence-corrected chi connectivity index (χ2v) is 8.01. The van der Waals surface area contributed by atoms with E-state index in [1.165, 1.54) is 12.1 Å². The smallest absolute Gasteiger partial charge is 0.0759 e. The quantitative estimate of drug-likeness (QED) is 0.852. The van der Waals surface area contributed by atoms with Gasteiger partial charge >= 0.3 is 0 Å². The number of allylic oxidation sites excluding steroid dienone is 1. The molecule has 1 fully saturated rings. The first-order chi connectivity index (χ1) is 10.6. The molecule has 0 amide bonds. The van der Waals surface area contributed by atoms with E-state index >= 15 is 0 Å². The Kier molecular flexibility index (Phi) is 5.14. The van der Waals surface area contributed by atoms with Gasteiger partial charge in [-0.15, -0.1) is 0 Å². The van der Waals surface area contributed by atoms with E-state index in [0.717, 1.165) is 42.3 Å². The molecule has 0 aliphatic carbocycles. The number of likely N-dealkylation sites (N-methyl/N-ethyl adjacent to an activating group) is 2. The lowest BCUT2D eigenvalue weighted by Gasteiger charge is -2.28. The standard InChI is InChI=1S/C19H32N4/c1-13-9-10-16(23(13)8)11-22(7)12-17-14(2)21-18(15(3)20-17)19(4,5)6/h16H,1,9-12H2,2-8H3/t16-/m1/s1. The van der Waals surface area contributed by atoms with Gasteiger partial charge in [0, 0.05) is 37.3 Å². The van der Waals surface area contributed by atoms with Crippen LogP contribution in [0, 0.1) is 13.8 Å². The van der Waals surface area contributed by atoms with Crippen molar-refractivity contribution in [1.29, 1.82) is 0 Å². The third-order valence-electron chi connectivity index (χ3n) is 4.81. The Labute approximate surface area is 141 Å². The maximum atomic E-state index is 4.85. The van der Waals surface area contributed by atoms with Gasteiger partial charge in [-0.05, 0) is 33.7 Å². The van der Waals surface area contributed by atoms with Gasteiger partial charge in [-0.2, -0.15) is 0 Å². The van der Waals surface area contributed by atoms with Crippen LogP contribution in [-0.2, 0) is 12.0 Å². The van der Waals surface area contributed by atoms with Gasteiger partial charge in [-0.25, -0.2) is 0 Å². The SMILES string of the molecule is C=C1CC[C@H](CN(C)Cc2nc(C)c(C(C)(C)C)nc2C)N1C. The molecule has 0 unspecified atom stereocenters. The summed E-state index contributed by atoms with van der Waals surface area (Å²) in [5, 5.41) is 0. The second kappa shape index (κ2) is 6.60. The van der Waals surface area contributed by atoms with Crippen LogP contribution in [0.1, 0.15) is 56.4 Å². The number of hydrogen-bond acceptors (Lipinski definition) is 4. The molecule has 0 N–H and O–H groups in total. The molecule has 23 heavy (non-hydrogen) atoms. The highest BCUT2D eigenvalue weighted by Gasteiger charge is 2.25. The molecule has 4 nitrogen and oxygen atoms in total. The van der Waals surface area contributed by atoms with E-state index in [1.54, 1.807) is 0 Å². The van der Waals surface area contributed by atoms with Gasteiger partial charge in [0.25, 0.3) is 0 Å². The van der Waals surface area contributed by atoms with Crippen LogP contribution >= 0.6 is 0 Å². The fraction of sp³-hybridized carbons (Fsp3) is 0.684. The summed E-state index contributed by atoms with van der Waals surface area (Å²) in [7, 11) is 4.32. The molecular formula is C19H32N4. The van der Waals surface area contributed by atoms with Crippen LogP contribution < -0.4 is 0 Å². The largest absolute Gasteiger partial charge is 0.374 e. The first-order valence-corrected chi connectivity index (χ1v) is 8.53. The van der Waals surface area contributed by atoms with Crippen molar-refractivity contribution in [1.82, 2.24) is 19.8 Å². The lowest BCUT2D eigenvalue weighted by atomic mass is 9.90. The average Bonchev–Trinajstić information content (AvgIpc) is 2.73. The topological polar surface area (TPSA) is 32.3 Å². The van der Waals surface area contributed by atoms with Gasteiger partial charge < -0.3 is 4.90 Å². The van der Waals surface area contributed by atoms with E-state index in [0.29, 0.717) is 6.04 Å². The van der Waals surface area contributed by atoms with Gasteiger partial charge in [0.1, 0.15) is 0 Å². The van der Waals surface area contributed by atoms with Crippen molar-refractivity contribution in [2.24, 2.45) is 0 Å². The van der Waals surface area contributed by atoms with Crippen LogP contribution in [0.2, 0.25) is 0 Å². The second-order valence-electron chi connectivity index (χ2n) is 8.01. The predicted molar refractivity (Wildman–Crippen MR) is 96.5 cm³/mol. The predicted octanol–water partition coefficient (Wildman–Crippen LogP) is 3.43. The van der Waals surface area contributed by atoms with Crippen molar-refractivity contribution < 1.29 is 0 Å². The zero-order valence-electron chi connectivity index (χ0n) is 15.9. The lowest BCUT2D eigenvalue weighted by molar-refractivity contribution is 0.229. The van der Waals surface area contributed by atoms with Crippen molar-refractivity contribution in [3.8, 4) is 0 Å². The van der Waals surface area contributed by atoms with Gasteiger partial charge in [0.15, 0.2) is 0 Å². The fourth-order valence-corrected chi connectivity index (χ4v) is 3.36. The Hall–Kier alpha value is -1.42. The zero-order valence-corrected chi connectivity index (χ0v) is 15.9. The maximum absolute atomic E-state index is 4.85. The number of rotatable bonds is 4. The molecule has 128 valence electrons. The summed E-state index contributed by atoms with van der Waals surface area (Å²) in [4.78, 5) is 14.4. The van der Waals surface area contributed by atoms with Crippen LogP contribution in [-0.4, -0.2) is 46.4 Å². The highest BCUT2D eigenvalue weighted by Crippen LogP contribution is 2.26. The molecule has 0 radical (unpaired) electrons. The van der Waals surface area contributed by atoms with Gasteiger partial charge in [-0.1, -0.05) is 27.4 Å². The van der Waals surface area contributed by atoms with E-state index in [1.807, 2.05) is 0 Å². The van der Waals surface area contributed by atoms with E-state index in [9.17, 15) is 0 Å². The summed E-state index contributed by atoms with van der Waals surface area (Å²) in [6.07, 6.45) is 2.32. The van der Waals surface area contributed by atoms with Gasteiger partial charge in [0.05, 0.1) is 22.8 Å². The van der Waals surface area contributed by atoms with E-state index in [-0.39, 0.29) is 5.41 Å². The Morgan fingerprint density at radius 1 is 1.22 bits per heavy atom. The zero-order chi connectivity index (χ0) is 17.4. The summed E-state index contributed by atoms with van der Waals surface area (Å²) in [5.41, 5.74) is 5.60. The number of likely N-dealkylation sites (tertiary alicyclic amines) is 1. The van der Waals surface area contributed by atoms with Gasteiger partial charge in [0.2, 0.25) is 0 Å². The molecule has 0 saturated carbocycles. The summed E-state index contributed by atoms with van der Waals surface area (Å²) in [6, 6.07) is 0.565. The maximum Gasteiger partial charge on any atom is 0.0759 e. The Bertz CT molecular complexity index is 586. The number of aromatic nitrogens is 2. The molecule has 1 saturated heterocycles. The average molecular weight is 316 g/mol. The highest BCUT2D eigenvalue weighted by molar-refractivity contribution is 5.24. The number of nitrogens with zero attached hydrogens (tertiary/aromatic N) is 4. The van der Waals surface area contributed by atoms with Crippen LogP contribution in [0.5, 0.6) is 0 Å². The first kappa shape index (κ1) is 17.9. The van der Waals surface area contributed by atoms with Crippen LogP contribution in [0.15, 0.2) is 12.3 Å². The summed E-state index contributed by atoms with van der Waals surface area (Å²) < 4.78 is 0. The van der Waals surface area contributed by atoms with Crippen LogP contribution in [0.25, 0.3) is 0 Å². The molecule has 1 atom stereocenters. The third-order valence-corrected chi connectivity index (χ3v) is 4.81. The summed E-state index contributed by atoms with van der Waals surface area (Å²) in [6.45, 7) is 16.7. The minimum atomic E-state index is 0.0409. The van der Waals surface area contributed by atoms with Crippen molar-refractivity contribution >= 4 is 0 Å². The van der Waals surface area contributed by atoms with Crippen LogP contribution in [0.3, 0.4) is 0 Å². The van der Waals surface area contributed by atoms with E-state index in [4.69, 9.17) is 9.97 Å². The summed E-state index contributed by atoms with van der Waals surface area (Å²) >= 11 is 0. The Morgan fingerprint density at radius 3 is 2.39 bits per heavy atom. The van der Waals surface area contributed by atoms with Crippen molar-refractivity contribution in [3.63, 3.8) is 0 Å².